The number of fused-ring (bicyclic) bond motifs is 1. The standard InChI is InChI=1S/C54H88N2O14Si2/c1-17-42-41(32-63-71(18-2,19-3)20-4)30-35(10)49-45(56(54(62)69-49)52(61)40-27-25-24-26-28-40)47(60)33(8)29-34(9)48(36(11)43(31-44(59)67-42)70-72(21-5,22-6)23-7)68-53-51(66-39(14)58)46(55(15)16)50(37(12)64-53)65-38(13)57/h24-28,30,33-34,36-37,41-43,45-46,48-51,53H,17-23,29,31-32H2,1-16H3/b35-30+/t33-,34+,36+,37?,41-,42-,43-,45?,46?,48+,49?,50?,51?,53?/m1/s1. The van der Waals surface area contributed by atoms with Crippen LogP contribution in [0.4, 0.5) is 4.79 Å². The van der Waals surface area contributed by atoms with Crippen LogP contribution in [0.5, 0.6) is 0 Å². The Kier molecular flexibility index (Phi) is 22.9. The van der Waals surface area contributed by atoms with Crippen LogP contribution in [0.25, 0.3) is 0 Å². The van der Waals surface area contributed by atoms with Gasteiger partial charge in [-0.05, 0) is 101 Å². The summed E-state index contributed by atoms with van der Waals surface area (Å²) in [4.78, 5) is 86.8. The molecule has 3 heterocycles. The molecule has 18 heteroatoms. The number of likely N-dealkylation sites (N-methyl/N-ethyl adjacent to an activating group) is 1. The summed E-state index contributed by atoms with van der Waals surface area (Å²) in [6.45, 7) is 26.8. The third kappa shape index (κ3) is 14.5. The first-order chi connectivity index (χ1) is 34.0. The van der Waals surface area contributed by atoms with E-state index in [-0.39, 0.29) is 30.8 Å². The minimum atomic E-state index is -2.47. The predicted molar refractivity (Wildman–Crippen MR) is 279 cm³/mol. The number of carbonyl (C=O) groups excluding carboxylic acids is 6. The number of imide groups is 1. The van der Waals surface area contributed by atoms with Gasteiger partial charge in [0, 0.05) is 43.8 Å². The Balaban J connectivity index is 1.98. The van der Waals surface area contributed by atoms with Crippen molar-refractivity contribution in [3.8, 4) is 0 Å². The predicted octanol–water partition coefficient (Wildman–Crippen LogP) is 9.51. The molecule has 0 aromatic heterocycles. The van der Waals surface area contributed by atoms with E-state index in [4.69, 9.17) is 37.3 Å². The molecule has 4 rings (SSSR count). The van der Waals surface area contributed by atoms with Crippen molar-refractivity contribution in [2.24, 2.45) is 23.7 Å². The van der Waals surface area contributed by atoms with E-state index in [1.54, 1.807) is 65.2 Å². The molecular formula is C54H88N2O14Si2. The zero-order chi connectivity index (χ0) is 53.8. The van der Waals surface area contributed by atoms with Gasteiger partial charge < -0.3 is 37.3 Å². The quantitative estimate of drug-likeness (QED) is 0.0586. The van der Waals surface area contributed by atoms with E-state index in [9.17, 15) is 24.0 Å². The molecule has 14 atom stereocenters. The molecule has 1 aromatic rings. The maximum Gasteiger partial charge on any atom is 0.418 e. The van der Waals surface area contributed by atoms with Crippen LogP contribution in [0.3, 0.4) is 0 Å². The number of esters is 3. The Morgan fingerprint density at radius 2 is 1.35 bits per heavy atom. The van der Waals surface area contributed by atoms with Gasteiger partial charge in [-0.25, -0.2) is 9.69 Å². The number of Topliss-reactive ketones (excluding diaryl/α,β-unsaturated/α-hetero) is 1. The second-order valence-electron chi connectivity index (χ2n) is 20.7. The van der Waals surface area contributed by atoms with Crippen LogP contribution in [0, 0.1) is 23.7 Å². The fourth-order valence-corrected chi connectivity index (χ4v) is 16.8. The van der Waals surface area contributed by atoms with Crippen LogP contribution < -0.4 is 0 Å². The number of ether oxygens (including phenoxy) is 6. The summed E-state index contributed by atoms with van der Waals surface area (Å²) in [5, 5.41) is 0. The van der Waals surface area contributed by atoms with Crippen LogP contribution in [-0.4, -0.2) is 144 Å². The van der Waals surface area contributed by atoms with E-state index in [2.05, 4.69) is 41.5 Å². The molecule has 0 spiro atoms. The van der Waals surface area contributed by atoms with Gasteiger partial charge >= 0.3 is 24.0 Å². The zero-order valence-corrected chi connectivity index (χ0v) is 48.2. The lowest BCUT2D eigenvalue weighted by molar-refractivity contribution is -0.307. The molecule has 0 bridgehead atoms. The number of hydrogen-bond acceptors (Lipinski definition) is 15. The first-order valence-corrected chi connectivity index (χ1v) is 31.7. The average Bonchev–Trinajstić information content (AvgIpc) is 3.70. The number of hydrogen-bond donors (Lipinski definition) is 0. The van der Waals surface area contributed by atoms with Gasteiger partial charge in [-0.2, -0.15) is 0 Å². The maximum absolute atomic E-state index is 15.4. The Morgan fingerprint density at radius 1 is 0.778 bits per heavy atom. The topological polar surface area (TPSA) is 183 Å². The summed E-state index contributed by atoms with van der Waals surface area (Å²) in [5.74, 6) is -4.99. The number of nitrogens with zero attached hydrogens (tertiary/aromatic N) is 2. The van der Waals surface area contributed by atoms with Crippen molar-refractivity contribution in [3.05, 3.63) is 47.5 Å². The van der Waals surface area contributed by atoms with Gasteiger partial charge in [-0.1, -0.05) is 93.5 Å². The van der Waals surface area contributed by atoms with Crippen molar-refractivity contribution < 1.29 is 66.0 Å². The molecule has 0 aliphatic carbocycles. The smallest absolute Gasteiger partial charge is 0.418 e. The van der Waals surface area contributed by atoms with Gasteiger partial charge in [-0.3, -0.25) is 28.9 Å². The van der Waals surface area contributed by atoms with Crippen LogP contribution in [0.2, 0.25) is 36.3 Å². The number of amides is 2. The zero-order valence-electron chi connectivity index (χ0n) is 46.2. The third-order valence-electron chi connectivity index (χ3n) is 15.9. The highest BCUT2D eigenvalue weighted by molar-refractivity contribution is 6.74. The van der Waals surface area contributed by atoms with Gasteiger partial charge in [0.05, 0.1) is 30.8 Å². The highest BCUT2D eigenvalue weighted by Crippen LogP contribution is 2.39. The molecule has 406 valence electrons. The summed E-state index contributed by atoms with van der Waals surface area (Å²) in [6.07, 6.45) is -5.78. The van der Waals surface area contributed by atoms with Crippen molar-refractivity contribution in [1.82, 2.24) is 9.80 Å². The Morgan fingerprint density at radius 3 is 1.88 bits per heavy atom. The number of carbonyl (C=O) groups is 6. The minimum absolute atomic E-state index is 0.107. The van der Waals surface area contributed by atoms with Gasteiger partial charge in [0.2, 0.25) is 0 Å². The van der Waals surface area contributed by atoms with E-state index in [0.717, 1.165) is 41.2 Å². The van der Waals surface area contributed by atoms with Crippen LogP contribution in [0.15, 0.2) is 42.0 Å². The molecule has 3 aliphatic heterocycles. The monoisotopic (exact) mass is 1040 g/mol. The average molecular weight is 1050 g/mol. The van der Waals surface area contributed by atoms with Crippen molar-refractivity contribution in [1.29, 1.82) is 0 Å². The third-order valence-corrected chi connectivity index (χ3v) is 25.3. The normalized spacial score (nSPS) is 32.0. The lowest BCUT2D eigenvalue weighted by Crippen LogP contribution is -2.65. The minimum Gasteiger partial charge on any atom is -0.462 e. The molecule has 3 aliphatic rings. The van der Waals surface area contributed by atoms with Gasteiger partial charge in [0.1, 0.15) is 18.2 Å². The van der Waals surface area contributed by atoms with Crippen LogP contribution >= 0.6 is 0 Å². The molecule has 7 unspecified atom stereocenters. The molecule has 0 radical (unpaired) electrons. The Bertz CT molecular complexity index is 2000. The van der Waals surface area contributed by atoms with Gasteiger partial charge in [0.15, 0.2) is 40.9 Å². The van der Waals surface area contributed by atoms with Gasteiger partial charge in [0.25, 0.3) is 5.91 Å². The van der Waals surface area contributed by atoms with E-state index in [0.29, 0.717) is 12.0 Å². The first kappa shape index (κ1) is 60.8. The van der Waals surface area contributed by atoms with Crippen molar-refractivity contribution in [3.63, 3.8) is 0 Å². The first-order valence-electron chi connectivity index (χ1n) is 26.6. The highest BCUT2D eigenvalue weighted by atomic mass is 28.4. The Hall–Kier alpha value is -3.79. The van der Waals surface area contributed by atoms with E-state index < -0.39 is 131 Å². The fraction of sp³-hybridized carbons (Fsp3) is 0.741. The molecule has 72 heavy (non-hydrogen) atoms. The number of ketones is 1. The molecule has 0 N–H and O–H groups in total. The highest BCUT2D eigenvalue weighted by Gasteiger charge is 2.54. The van der Waals surface area contributed by atoms with Crippen molar-refractivity contribution in [2.45, 2.75) is 214 Å². The maximum atomic E-state index is 15.4. The second kappa shape index (κ2) is 27.1. The summed E-state index contributed by atoms with van der Waals surface area (Å²) < 4.78 is 52.5. The SMILES string of the molecule is CC[C@H]1OC(=O)C[C@@H](O[Si](CC)(CC)CC)[C@H](C)[C@@H](OC2OC(C)C(OC(C)=O)C(N(C)C)C2OC(C)=O)[C@@H](C)C[C@@H](C)C(=O)C2C(OC(=O)N2C(=O)c2ccccc2)/C(C)=C/[C@@H]1CO[Si](CC)(CC)CC. The molecule has 16 nitrogen and oxygen atoms in total. The summed E-state index contributed by atoms with van der Waals surface area (Å²) >= 11 is 0. The van der Waals surface area contributed by atoms with Crippen LogP contribution in [-0.2, 0) is 56.5 Å². The number of cyclic esters (lactones) is 1. The lowest BCUT2D eigenvalue weighted by atomic mass is 9.80. The van der Waals surface area contributed by atoms with Gasteiger partial charge in [-0.15, -0.1) is 0 Å². The molecule has 1 aromatic carbocycles. The number of rotatable bonds is 18. The fourth-order valence-electron chi connectivity index (χ4n) is 11.2. The van der Waals surface area contributed by atoms with E-state index >= 15 is 4.79 Å². The Labute approximate surface area is 432 Å². The molecule has 2 fully saturated rings. The van der Waals surface area contributed by atoms with E-state index in [1.807, 2.05) is 31.7 Å². The summed E-state index contributed by atoms with van der Waals surface area (Å²) in [5.41, 5.74) is 0.748. The second-order valence-corrected chi connectivity index (χ2v) is 30.2. The molecular weight excluding hydrogens is 957 g/mol. The van der Waals surface area contributed by atoms with Crippen LogP contribution in [0.1, 0.15) is 127 Å². The largest absolute Gasteiger partial charge is 0.462 e. The van der Waals surface area contributed by atoms with E-state index in [1.165, 1.54) is 13.8 Å². The molecule has 0 saturated carbocycles. The summed E-state index contributed by atoms with van der Waals surface area (Å²) in [7, 11) is -1.07. The van der Waals surface area contributed by atoms with Crippen molar-refractivity contribution >= 4 is 52.3 Å². The number of benzene rings is 1. The molecule has 2 saturated heterocycles. The molecule has 2 amide bonds. The lowest BCUT2D eigenvalue weighted by Gasteiger charge is -2.48. The van der Waals surface area contributed by atoms with Crippen molar-refractivity contribution in [2.75, 3.05) is 20.7 Å². The summed E-state index contributed by atoms with van der Waals surface area (Å²) in [6, 6.07) is 11.4.